The first-order valence-electron chi connectivity index (χ1n) is 10.4. The Morgan fingerprint density at radius 1 is 1.06 bits per heavy atom. The molecule has 7 nitrogen and oxygen atoms in total. The van der Waals surface area contributed by atoms with Crippen LogP contribution in [0.15, 0.2) is 60.9 Å². The predicted octanol–water partition coefficient (Wildman–Crippen LogP) is 3.41. The fraction of sp³-hybridized carbons (Fsp3) is 0.304. The first-order chi connectivity index (χ1) is 15.2. The number of thiazole rings is 1. The molecule has 4 aromatic rings. The van der Waals surface area contributed by atoms with E-state index in [0.29, 0.717) is 4.96 Å². The Kier molecular flexibility index (Phi) is 5.59. The normalized spacial score (nSPS) is 16.5. The van der Waals surface area contributed by atoms with Crippen LogP contribution in [0.5, 0.6) is 11.6 Å². The average molecular weight is 436 g/mol. The number of rotatable bonds is 6. The van der Waals surface area contributed by atoms with E-state index in [9.17, 15) is 5.11 Å². The zero-order chi connectivity index (χ0) is 21.2. The maximum atomic E-state index is 10.9. The molecular formula is C23H25N5O2S. The Morgan fingerprint density at radius 3 is 2.61 bits per heavy atom. The number of benzene rings is 2. The molecule has 5 rings (SSSR count). The number of piperazine rings is 1. The third kappa shape index (κ3) is 4.01. The smallest absolute Gasteiger partial charge is 0.230 e. The van der Waals surface area contributed by atoms with E-state index in [2.05, 4.69) is 62.3 Å². The predicted molar refractivity (Wildman–Crippen MR) is 121 cm³/mol. The Labute approximate surface area is 185 Å². The molecule has 0 amide bonds. The first kappa shape index (κ1) is 20.0. The first-order valence-corrected chi connectivity index (χ1v) is 11.2. The van der Waals surface area contributed by atoms with Gasteiger partial charge in [0.05, 0.1) is 18.0 Å². The number of hydrogen-bond acceptors (Lipinski definition) is 7. The zero-order valence-electron chi connectivity index (χ0n) is 17.4. The number of methoxy groups -OCH3 is 1. The quantitative estimate of drug-likeness (QED) is 0.501. The SMILES string of the molecule is COc1cccc([C@@H](c2sc3ncnn3c2O)N2CCN(Cc3ccccc3)CC2)c1. The molecule has 0 saturated carbocycles. The summed E-state index contributed by atoms with van der Waals surface area (Å²) < 4.78 is 6.98. The lowest BCUT2D eigenvalue weighted by atomic mass is 10.0. The topological polar surface area (TPSA) is 66.1 Å². The van der Waals surface area contributed by atoms with Crippen LogP contribution in [-0.4, -0.2) is 62.8 Å². The van der Waals surface area contributed by atoms with Gasteiger partial charge in [0.25, 0.3) is 0 Å². The van der Waals surface area contributed by atoms with Crippen molar-refractivity contribution < 1.29 is 9.84 Å². The molecule has 160 valence electrons. The average Bonchev–Trinajstić information content (AvgIpc) is 3.39. The summed E-state index contributed by atoms with van der Waals surface area (Å²) in [4.78, 5) is 10.7. The monoisotopic (exact) mass is 435 g/mol. The van der Waals surface area contributed by atoms with Crippen molar-refractivity contribution in [3.63, 3.8) is 0 Å². The van der Waals surface area contributed by atoms with E-state index < -0.39 is 0 Å². The molecule has 0 unspecified atom stereocenters. The fourth-order valence-corrected chi connectivity index (χ4v) is 5.32. The van der Waals surface area contributed by atoms with Crippen molar-refractivity contribution in [2.24, 2.45) is 0 Å². The van der Waals surface area contributed by atoms with Gasteiger partial charge < -0.3 is 9.84 Å². The lowest BCUT2D eigenvalue weighted by molar-refractivity contribution is 0.105. The highest BCUT2D eigenvalue weighted by molar-refractivity contribution is 7.17. The number of ether oxygens (including phenoxy) is 1. The highest BCUT2D eigenvalue weighted by Crippen LogP contribution is 2.40. The molecule has 1 fully saturated rings. The fourth-order valence-electron chi connectivity index (χ4n) is 4.23. The second kappa shape index (κ2) is 8.66. The van der Waals surface area contributed by atoms with Gasteiger partial charge in [0.15, 0.2) is 0 Å². The van der Waals surface area contributed by atoms with E-state index in [1.54, 1.807) is 7.11 Å². The summed E-state index contributed by atoms with van der Waals surface area (Å²) >= 11 is 1.49. The van der Waals surface area contributed by atoms with Crippen molar-refractivity contribution in [2.45, 2.75) is 12.6 Å². The lowest BCUT2D eigenvalue weighted by Gasteiger charge is -2.39. The van der Waals surface area contributed by atoms with Crippen LogP contribution in [0.4, 0.5) is 0 Å². The number of hydrogen-bond donors (Lipinski definition) is 1. The number of aromatic nitrogens is 3. The number of aromatic hydroxyl groups is 1. The Balaban J connectivity index is 1.42. The third-order valence-electron chi connectivity index (χ3n) is 5.82. The molecule has 8 heteroatoms. The van der Waals surface area contributed by atoms with Crippen LogP contribution in [-0.2, 0) is 6.54 Å². The van der Waals surface area contributed by atoms with Crippen molar-refractivity contribution >= 4 is 16.3 Å². The van der Waals surface area contributed by atoms with Crippen molar-refractivity contribution in [1.82, 2.24) is 24.4 Å². The van der Waals surface area contributed by atoms with Crippen LogP contribution in [0.3, 0.4) is 0 Å². The summed E-state index contributed by atoms with van der Waals surface area (Å²) in [5.74, 6) is 0.973. The van der Waals surface area contributed by atoms with Crippen molar-refractivity contribution in [1.29, 1.82) is 0 Å². The second-order valence-electron chi connectivity index (χ2n) is 7.72. The molecule has 1 N–H and O–H groups in total. The molecule has 0 aliphatic carbocycles. The summed E-state index contributed by atoms with van der Waals surface area (Å²) in [6.07, 6.45) is 1.47. The minimum Gasteiger partial charge on any atom is -0.497 e. The van der Waals surface area contributed by atoms with Crippen LogP contribution in [0.2, 0.25) is 0 Å². The molecule has 0 spiro atoms. The van der Waals surface area contributed by atoms with E-state index in [1.165, 1.54) is 27.7 Å². The van der Waals surface area contributed by atoms with Gasteiger partial charge in [-0.1, -0.05) is 53.8 Å². The summed E-state index contributed by atoms with van der Waals surface area (Å²) in [6.45, 7) is 4.71. The molecule has 3 heterocycles. The van der Waals surface area contributed by atoms with Crippen LogP contribution >= 0.6 is 11.3 Å². The molecule has 2 aromatic heterocycles. The van der Waals surface area contributed by atoms with E-state index in [0.717, 1.165) is 48.9 Å². The third-order valence-corrected chi connectivity index (χ3v) is 6.90. The minimum atomic E-state index is -0.0810. The molecular weight excluding hydrogens is 410 g/mol. The largest absolute Gasteiger partial charge is 0.497 e. The van der Waals surface area contributed by atoms with Crippen LogP contribution in [0, 0.1) is 0 Å². The maximum Gasteiger partial charge on any atom is 0.230 e. The van der Waals surface area contributed by atoms with Crippen molar-refractivity contribution in [2.75, 3.05) is 33.3 Å². The summed E-state index contributed by atoms with van der Waals surface area (Å²) in [5, 5.41) is 15.1. The van der Waals surface area contributed by atoms with E-state index in [1.807, 2.05) is 12.1 Å². The van der Waals surface area contributed by atoms with Crippen LogP contribution < -0.4 is 4.74 Å². The van der Waals surface area contributed by atoms with Crippen LogP contribution in [0.25, 0.3) is 4.96 Å². The molecule has 1 aliphatic heterocycles. The van der Waals surface area contributed by atoms with Gasteiger partial charge in [0, 0.05) is 32.7 Å². The highest BCUT2D eigenvalue weighted by Gasteiger charge is 2.31. The summed E-state index contributed by atoms with van der Waals surface area (Å²) in [5.41, 5.74) is 2.43. The molecule has 1 saturated heterocycles. The number of fused-ring (bicyclic) bond motifs is 1. The maximum absolute atomic E-state index is 10.9. The van der Waals surface area contributed by atoms with Gasteiger partial charge in [-0.25, -0.2) is 4.98 Å². The van der Waals surface area contributed by atoms with Gasteiger partial charge in [0.2, 0.25) is 10.8 Å². The molecule has 31 heavy (non-hydrogen) atoms. The summed E-state index contributed by atoms with van der Waals surface area (Å²) in [6, 6.07) is 18.6. The van der Waals surface area contributed by atoms with Gasteiger partial charge in [-0.2, -0.15) is 9.61 Å². The van der Waals surface area contributed by atoms with Gasteiger partial charge in [0.1, 0.15) is 12.1 Å². The zero-order valence-corrected chi connectivity index (χ0v) is 18.2. The lowest BCUT2D eigenvalue weighted by Crippen LogP contribution is -2.47. The molecule has 1 atom stereocenters. The van der Waals surface area contributed by atoms with Gasteiger partial charge in [-0.15, -0.1) is 0 Å². The Hall–Kier alpha value is -2.94. The van der Waals surface area contributed by atoms with Crippen molar-refractivity contribution in [3.05, 3.63) is 76.9 Å². The van der Waals surface area contributed by atoms with E-state index >= 15 is 0 Å². The van der Waals surface area contributed by atoms with Crippen LogP contribution in [0.1, 0.15) is 22.0 Å². The second-order valence-corrected chi connectivity index (χ2v) is 8.73. The Bertz CT molecular complexity index is 1150. The molecule has 2 aromatic carbocycles. The Morgan fingerprint density at radius 2 is 1.87 bits per heavy atom. The van der Waals surface area contributed by atoms with Gasteiger partial charge >= 0.3 is 0 Å². The summed E-state index contributed by atoms with van der Waals surface area (Å²) in [7, 11) is 1.68. The number of nitrogens with zero attached hydrogens (tertiary/aromatic N) is 5. The minimum absolute atomic E-state index is 0.0810. The molecule has 1 aliphatic rings. The van der Waals surface area contributed by atoms with E-state index in [-0.39, 0.29) is 11.9 Å². The van der Waals surface area contributed by atoms with E-state index in [4.69, 9.17) is 4.74 Å². The molecule has 0 radical (unpaired) electrons. The highest BCUT2D eigenvalue weighted by atomic mass is 32.1. The van der Waals surface area contributed by atoms with Gasteiger partial charge in [-0.3, -0.25) is 9.80 Å². The van der Waals surface area contributed by atoms with Gasteiger partial charge in [-0.05, 0) is 23.3 Å². The molecule has 0 bridgehead atoms. The standard InChI is InChI=1S/C23H25N5O2S/c1-30-19-9-5-8-18(14-19)20(21-22(29)28-23(31-21)24-16-25-28)27-12-10-26(11-13-27)15-17-6-3-2-4-7-17/h2-9,14,16,20,29H,10-13,15H2,1H3/t20-/m0/s1. The van der Waals surface area contributed by atoms with Crippen molar-refractivity contribution in [3.8, 4) is 11.6 Å².